The number of halogens is 1. The molecular formula is C22H20ClNO3S. The van der Waals surface area contributed by atoms with E-state index in [2.05, 4.69) is 5.32 Å². The first-order valence-electron chi connectivity index (χ1n) is 8.86. The van der Waals surface area contributed by atoms with Crippen LogP contribution >= 0.6 is 22.9 Å². The molecule has 4 nitrogen and oxygen atoms in total. The molecule has 144 valence electrons. The molecule has 3 rings (SSSR count). The largest absolute Gasteiger partial charge is 0.451 e. The van der Waals surface area contributed by atoms with Crippen LogP contribution in [-0.4, -0.2) is 25.0 Å². The summed E-state index contributed by atoms with van der Waals surface area (Å²) < 4.78 is 5.19. The van der Waals surface area contributed by atoms with E-state index < -0.39 is 5.97 Å². The lowest BCUT2D eigenvalue weighted by molar-refractivity contribution is -0.124. The van der Waals surface area contributed by atoms with Gasteiger partial charge in [-0.15, -0.1) is 11.3 Å². The molecule has 0 aliphatic carbocycles. The van der Waals surface area contributed by atoms with Crippen molar-refractivity contribution in [2.75, 3.05) is 13.2 Å². The lowest BCUT2D eigenvalue weighted by atomic mass is 10.1. The maximum absolute atomic E-state index is 12.4. The van der Waals surface area contributed by atoms with Gasteiger partial charge >= 0.3 is 5.97 Å². The molecule has 0 fully saturated rings. The Morgan fingerprint density at radius 3 is 2.46 bits per heavy atom. The van der Waals surface area contributed by atoms with Gasteiger partial charge in [-0.05, 0) is 48.1 Å². The molecule has 1 amide bonds. The van der Waals surface area contributed by atoms with Crippen molar-refractivity contribution in [3.05, 3.63) is 81.0 Å². The van der Waals surface area contributed by atoms with Crippen LogP contribution in [0.2, 0.25) is 5.02 Å². The highest BCUT2D eigenvalue weighted by molar-refractivity contribution is 7.12. The number of amides is 1. The van der Waals surface area contributed by atoms with Crippen molar-refractivity contribution < 1.29 is 14.3 Å². The summed E-state index contributed by atoms with van der Waals surface area (Å²) in [6.07, 6.45) is 0.680. The molecule has 28 heavy (non-hydrogen) atoms. The summed E-state index contributed by atoms with van der Waals surface area (Å²) in [5, 5.41) is 5.28. The third-order valence-corrected chi connectivity index (χ3v) is 5.34. The summed E-state index contributed by atoms with van der Waals surface area (Å²) in [4.78, 5) is 24.8. The number of aryl methyl sites for hydroxylation is 1. The number of thiophene rings is 1. The van der Waals surface area contributed by atoms with E-state index in [1.54, 1.807) is 0 Å². The highest BCUT2D eigenvalue weighted by atomic mass is 35.5. The van der Waals surface area contributed by atoms with E-state index in [1.807, 2.05) is 66.9 Å². The van der Waals surface area contributed by atoms with Crippen molar-refractivity contribution >= 4 is 34.8 Å². The van der Waals surface area contributed by atoms with Gasteiger partial charge in [-0.25, -0.2) is 4.79 Å². The van der Waals surface area contributed by atoms with Gasteiger partial charge in [-0.1, -0.05) is 53.6 Å². The minimum atomic E-state index is -0.488. The fourth-order valence-electron chi connectivity index (χ4n) is 2.67. The van der Waals surface area contributed by atoms with E-state index >= 15 is 0 Å². The lowest BCUT2D eigenvalue weighted by Gasteiger charge is -2.08. The van der Waals surface area contributed by atoms with Gasteiger partial charge in [-0.2, -0.15) is 0 Å². The monoisotopic (exact) mass is 413 g/mol. The molecule has 0 saturated heterocycles. The van der Waals surface area contributed by atoms with Crippen molar-refractivity contribution in [1.82, 2.24) is 5.32 Å². The fourth-order valence-corrected chi connectivity index (χ4v) is 3.61. The molecule has 3 aromatic rings. The molecule has 0 unspecified atom stereocenters. The molecular weight excluding hydrogens is 394 g/mol. The highest BCUT2D eigenvalue weighted by Gasteiger charge is 2.17. The highest BCUT2D eigenvalue weighted by Crippen LogP contribution is 2.29. The number of carbonyl (C=O) groups excluding carboxylic acids is 2. The van der Waals surface area contributed by atoms with Crippen LogP contribution in [0.15, 0.2) is 60.0 Å². The Balaban J connectivity index is 1.49. The van der Waals surface area contributed by atoms with E-state index in [0.29, 0.717) is 22.9 Å². The number of rotatable bonds is 7. The Bertz CT molecular complexity index is 949. The summed E-state index contributed by atoms with van der Waals surface area (Å²) in [6.45, 7) is 2.18. The van der Waals surface area contributed by atoms with Crippen LogP contribution in [0.5, 0.6) is 0 Å². The standard InChI is InChI=1S/C22H20ClNO3S/c1-15-2-6-17(7-3-15)19-11-13-28-21(19)22(26)27-14-20(25)24-12-10-16-4-8-18(23)9-5-16/h2-9,11,13H,10,12,14H2,1H3,(H,24,25). The van der Waals surface area contributed by atoms with Crippen molar-refractivity contribution in [3.63, 3.8) is 0 Å². The molecule has 0 saturated carbocycles. The molecule has 0 bridgehead atoms. The van der Waals surface area contributed by atoms with Crippen molar-refractivity contribution in [3.8, 4) is 11.1 Å². The van der Waals surface area contributed by atoms with Crippen LogP contribution in [-0.2, 0) is 16.0 Å². The van der Waals surface area contributed by atoms with Crippen molar-refractivity contribution in [2.45, 2.75) is 13.3 Å². The van der Waals surface area contributed by atoms with Gasteiger partial charge in [0.1, 0.15) is 4.88 Å². The number of carbonyl (C=O) groups is 2. The van der Waals surface area contributed by atoms with Crippen LogP contribution in [0.4, 0.5) is 0 Å². The second-order valence-corrected chi connectivity index (χ2v) is 7.68. The van der Waals surface area contributed by atoms with Gasteiger partial charge in [0.15, 0.2) is 6.61 Å². The maximum atomic E-state index is 12.4. The Hall–Kier alpha value is -2.63. The molecule has 0 spiro atoms. The van der Waals surface area contributed by atoms with Crippen LogP contribution in [0.25, 0.3) is 11.1 Å². The second kappa shape index (κ2) is 9.53. The third-order valence-electron chi connectivity index (χ3n) is 4.20. The van der Waals surface area contributed by atoms with Gasteiger partial charge < -0.3 is 10.1 Å². The first-order valence-corrected chi connectivity index (χ1v) is 10.1. The summed E-state index contributed by atoms with van der Waals surface area (Å²) in [5.41, 5.74) is 3.99. The summed E-state index contributed by atoms with van der Waals surface area (Å²) in [7, 11) is 0. The Morgan fingerprint density at radius 2 is 1.75 bits per heavy atom. The molecule has 2 aromatic carbocycles. The Kier molecular flexibility index (Phi) is 6.85. The Labute approximate surface area is 173 Å². The van der Waals surface area contributed by atoms with Crippen LogP contribution in [0.1, 0.15) is 20.8 Å². The number of hydrogen-bond acceptors (Lipinski definition) is 4. The van der Waals surface area contributed by atoms with Gasteiger partial charge in [0.25, 0.3) is 5.91 Å². The predicted octanol–water partition coefficient (Wildman–Crippen LogP) is 4.89. The first kappa shape index (κ1) is 20.1. The van der Waals surface area contributed by atoms with Crippen LogP contribution in [0.3, 0.4) is 0 Å². The normalized spacial score (nSPS) is 10.5. The quantitative estimate of drug-likeness (QED) is 0.561. The molecule has 0 radical (unpaired) electrons. The maximum Gasteiger partial charge on any atom is 0.349 e. The molecule has 1 heterocycles. The molecule has 0 aliphatic rings. The number of benzene rings is 2. The summed E-state index contributed by atoms with van der Waals surface area (Å²) >= 11 is 7.16. The molecule has 1 N–H and O–H groups in total. The Morgan fingerprint density at radius 1 is 1.04 bits per heavy atom. The summed E-state index contributed by atoms with van der Waals surface area (Å²) in [5.74, 6) is -0.811. The van der Waals surface area contributed by atoms with Gasteiger partial charge in [0.2, 0.25) is 0 Å². The fraction of sp³-hybridized carbons (Fsp3) is 0.182. The zero-order valence-electron chi connectivity index (χ0n) is 15.4. The van der Waals surface area contributed by atoms with E-state index in [4.69, 9.17) is 16.3 Å². The second-order valence-electron chi connectivity index (χ2n) is 6.33. The smallest absolute Gasteiger partial charge is 0.349 e. The van der Waals surface area contributed by atoms with Gasteiger partial charge in [0, 0.05) is 17.1 Å². The zero-order chi connectivity index (χ0) is 19.9. The average Bonchev–Trinajstić information content (AvgIpc) is 3.18. The number of ether oxygens (including phenoxy) is 1. The number of esters is 1. The number of nitrogens with one attached hydrogen (secondary N) is 1. The average molecular weight is 414 g/mol. The van der Waals surface area contributed by atoms with Gasteiger partial charge in [0.05, 0.1) is 0 Å². The van der Waals surface area contributed by atoms with E-state index in [1.165, 1.54) is 11.3 Å². The molecule has 0 aliphatic heterocycles. The van der Waals surface area contributed by atoms with E-state index in [-0.39, 0.29) is 12.5 Å². The SMILES string of the molecule is Cc1ccc(-c2ccsc2C(=O)OCC(=O)NCCc2ccc(Cl)cc2)cc1. The van der Waals surface area contributed by atoms with E-state index in [0.717, 1.165) is 22.3 Å². The predicted molar refractivity (Wildman–Crippen MR) is 113 cm³/mol. The number of hydrogen-bond donors (Lipinski definition) is 1. The molecule has 6 heteroatoms. The third kappa shape index (κ3) is 5.44. The topological polar surface area (TPSA) is 55.4 Å². The first-order chi connectivity index (χ1) is 13.5. The minimum absolute atomic E-state index is 0.301. The van der Waals surface area contributed by atoms with E-state index in [9.17, 15) is 9.59 Å². The van der Waals surface area contributed by atoms with Crippen LogP contribution < -0.4 is 5.32 Å². The van der Waals surface area contributed by atoms with Crippen LogP contribution in [0, 0.1) is 6.92 Å². The van der Waals surface area contributed by atoms with Crippen molar-refractivity contribution in [1.29, 1.82) is 0 Å². The molecule has 1 aromatic heterocycles. The lowest BCUT2D eigenvalue weighted by Crippen LogP contribution is -2.30. The zero-order valence-corrected chi connectivity index (χ0v) is 17.0. The van der Waals surface area contributed by atoms with Crippen molar-refractivity contribution in [2.24, 2.45) is 0 Å². The molecule has 0 atom stereocenters. The minimum Gasteiger partial charge on any atom is -0.451 e. The van der Waals surface area contributed by atoms with Gasteiger partial charge in [-0.3, -0.25) is 4.79 Å². The summed E-state index contributed by atoms with van der Waals surface area (Å²) in [6, 6.07) is 17.3.